The second-order valence-corrected chi connectivity index (χ2v) is 5.94. The Bertz CT molecular complexity index is 884. The summed E-state index contributed by atoms with van der Waals surface area (Å²) in [7, 11) is 0. The molecule has 1 aromatic carbocycles. The number of nitro benzene ring substituents is 1. The maximum Gasteiger partial charge on any atom is 0.270 e. The third kappa shape index (κ3) is 3.45. The molecule has 3 aromatic rings. The number of hydrogen-bond donors (Lipinski definition) is 1. The van der Waals surface area contributed by atoms with Gasteiger partial charge in [-0.1, -0.05) is 26.0 Å². The second kappa shape index (κ2) is 7.29. The van der Waals surface area contributed by atoms with E-state index in [1.807, 2.05) is 12.1 Å². The summed E-state index contributed by atoms with van der Waals surface area (Å²) in [5, 5.41) is 11.9. The van der Waals surface area contributed by atoms with E-state index in [0.29, 0.717) is 0 Å². The Hall–Kier alpha value is -2.96. The van der Waals surface area contributed by atoms with Crippen molar-refractivity contribution >= 4 is 22.5 Å². The number of H-pyrrole nitrogens is 1. The fourth-order valence-electron chi connectivity index (χ4n) is 2.98. The van der Waals surface area contributed by atoms with E-state index < -0.39 is 0 Å². The molecular formula is C18H21N5O2. The molecule has 2 heterocycles. The van der Waals surface area contributed by atoms with Crippen LogP contribution < -0.4 is 4.90 Å². The predicted octanol–water partition coefficient (Wildman–Crippen LogP) is 4.16. The van der Waals surface area contributed by atoms with Crippen molar-refractivity contribution in [2.45, 2.75) is 26.7 Å². The van der Waals surface area contributed by atoms with Crippen molar-refractivity contribution in [2.24, 2.45) is 0 Å². The van der Waals surface area contributed by atoms with Crippen LogP contribution in [-0.4, -0.2) is 33.0 Å². The van der Waals surface area contributed by atoms with Crippen molar-refractivity contribution < 1.29 is 4.92 Å². The molecule has 0 spiro atoms. The maximum absolute atomic E-state index is 11.0. The minimum absolute atomic E-state index is 0.0704. The van der Waals surface area contributed by atoms with Gasteiger partial charge in [0.15, 0.2) is 0 Å². The van der Waals surface area contributed by atoms with Crippen molar-refractivity contribution in [1.82, 2.24) is 15.0 Å². The molecule has 0 bridgehead atoms. The third-order valence-corrected chi connectivity index (χ3v) is 4.06. The number of anilines is 1. The lowest BCUT2D eigenvalue weighted by molar-refractivity contribution is -0.384. The van der Waals surface area contributed by atoms with Crippen molar-refractivity contribution in [3.05, 3.63) is 46.8 Å². The van der Waals surface area contributed by atoms with E-state index in [1.165, 1.54) is 6.07 Å². The van der Waals surface area contributed by atoms with Gasteiger partial charge < -0.3 is 9.88 Å². The number of aromatic nitrogens is 3. The van der Waals surface area contributed by atoms with Crippen LogP contribution in [0.15, 0.2) is 36.7 Å². The number of nitrogens with zero attached hydrogens (tertiary/aromatic N) is 4. The van der Waals surface area contributed by atoms with Crippen LogP contribution in [0.5, 0.6) is 0 Å². The molecule has 130 valence electrons. The van der Waals surface area contributed by atoms with E-state index in [0.717, 1.165) is 54.0 Å². The molecule has 0 aliphatic heterocycles. The summed E-state index contributed by atoms with van der Waals surface area (Å²) >= 11 is 0. The van der Waals surface area contributed by atoms with Crippen LogP contribution in [0.1, 0.15) is 26.7 Å². The Morgan fingerprint density at radius 3 is 2.60 bits per heavy atom. The quantitative estimate of drug-likeness (QED) is 0.516. The Kier molecular flexibility index (Phi) is 4.92. The lowest BCUT2D eigenvalue weighted by Gasteiger charge is -2.22. The average Bonchev–Trinajstić information content (AvgIpc) is 3.06. The molecule has 7 nitrogen and oxygen atoms in total. The molecule has 0 radical (unpaired) electrons. The molecule has 0 aliphatic rings. The SMILES string of the molecule is CCCN(CCC)c1ncnc2[nH]c(-c3cccc([N+](=O)[O-])c3)cc12. The molecule has 0 saturated heterocycles. The van der Waals surface area contributed by atoms with Gasteiger partial charge in [0.1, 0.15) is 17.8 Å². The summed E-state index contributed by atoms with van der Waals surface area (Å²) in [6.45, 7) is 6.15. The fourth-order valence-corrected chi connectivity index (χ4v) is 2.98. The highest BCUT2D eigenvalue weighted by molar-refractivity contribution is 5.92. The zero-order valence-electron chi connectivity index (χ0n) is 14.4. The number of nitro groups is 1. The molecule has 0 unspecified atom stereocenters. The Morgan fingerprint density at radius 2 is 1.92 bits per heavy atom. The number of rotatable bonds is 7. The van der Waals surface area contributed by atoms with Crippen molar-refractivity contribution in [3.8, 4) is 11.3 Å². The first-order chi connectivity index (χ1) is 12.1. The van der Waals surface area contributed by atoms with Crippen molar-refractivity contribution in [3.63, 3.8) is 0 Å². The van der Waals surface area contributed by atoms with Gasteiger partial charge in [0.2, 0.25) is 0 Å². The highest BCUT2D eigenvalue weighted by Gasteiger charge is 2.15. The fraction of sp³-hybridized carbons (Fsp3) is 0.333. The topological polar surface area (TPSA) is 88.0 Å². The van der Waals surface area contributed by atoms with Gasteiger partial charge in [0.25, 0.3) is 5.69 Å². The van der Waals surface area contributed by atoms with Crippen LogP contribution >= 0.6 is 0 Å². The summed E-state index contributed by atoms with van der Waals surface area (Å²) in [6, 6.07) is 8.56. The number of fused-ring (bicyclic) bond motifs is 1. The molecular weight excluding hydrogens is 318 g/mol. The molecule has 25 heavy (non-hydrogen) atoms. The summed E-state index contributed by atoms with van der Waals surface area (Å²) in [6.07, 6.45) is 3.63. The minimum atomic E-state index is -0.387. The number of hydrogen-bond acceptors (Lipinski definition) is 5. The zero-order valence-corrected chi connectivity index (χ0v) is 14.4. The van der Waals surface area contributed by atoms with E-state index in [1.54, 1.807) is 18.5 Å². The number of aromatic amines is 1. The first-order valence-corrected chi connectivity index (χ1v) is 8.47. The molecule has 0 amide bonds. The van der Waals surface area contributed by atoms with Gasteiger partial charge in [-0.3, -0.25) is 10.1 Å². The zero-order chi connectivity index (χ0) is 17.8. The molecule has 0 fully saturated rings. The van der Waals surface area contributed by atoms with E-state index in [2.05, 4.69) is 33.7 Å². The van der Waals surface area contributed by atoms with E-state index in [-0.39, 0.29) is 10.6 Å². The summed E-state index contributed by atoms with van der Waals surface area (Å²) in [5.41, 5.74) is 2.37. The van der Waals surface area contributed by atoms with Gasteiger partial charge in [-0.15, -0.1) is 0 Å². The van der Waals surface area contributed by atoms with Gasteiger partial charge in [-0.05, 0) is 18.9 Å². The Labute approximate surface area is 145 Å². The van der Waals surface area contributed by atoms with E-state index >= 15 is 0 Å². The summed E-state index contributed by atoms with van der Waals surface area (Å²) in [5.74, 6) is 0.904. The average molecular weight is 339 g/mol. The van der Waals surface area contributed by atoms with Gasteiger partial charge in [-0.2, -0.15) is 0 Å². The van der Waals surface area contributed by atoms with Crippen LogP contribution in [0.2, 0.25) is 0 Å². The lowest BCUT2D eigenvalue weighted by atomic mass is 10.1. The normalized spacial score (nSPS) is 11.0. The molecule has 3 rings (SSSR count). The van der Waals surface area contributed by atoms with E-state index in [4.69, 9.17) is 0 Å². The highest BCUT2D eigenvalue weighted by atomic mass is 16.6. The monoisotopic (exact) mass is 339 g/mol. The first kappa shape index (κ1) is 16.9. The number of nitrogens with one attached hydrogen (secondary N) is 1. The highest BCUT2D eigenvalue weighted by Crippen LogP contribution is 2.30. The van der Waals surface area contributed by atoms with Crippen molar-refractivity contribution in [2.75, 3.05) is 18.0 Å². The van der Waals surface area contributed by atoms with Crippen LogP contribution in [0, 0.1) is 10.1 Å². The standard InChI is InChI=1S/C18H21N5O2/c1-3-8-22(9-4-2)18-15-11-16(21-17(15)19-12-20-18)13-6-5-7-14(10-13)23(24)25/h5-7,10-12H,3-4,8-9H2,1-2H3,(H,19,20,21). The maximum atomic E-state index is 11.0. The van der Waals surface area contributed by atoms with Gasteiger partial charge in [0.05, 0.1) is 10.3 Å². The Morgan fingerprint density at radius 1 is 1.16 bits per heavy atom. The van der Waals surface area contributed by atoms with Gasteiger partial charge in [-0.25, -0.2) is 9.97 Å². The first-order valence-electron chi connectivity index (χ1n) is 8.47. The third-order valence-electron chi connectivity index (χ3n) is 4.06. The minimum Gasteiger partial charge on any atom is -0.356 e. The Balaban J connectivity index is 2.07. The molecule has 1 N–H and O–H groups in total. The lowest BCUT2D eigenvalue weighted by Crippen LogP contribution is -2.26. The van der Waals surface area contributed by atoms with Gasteiger partial charge in [0, 0.05) is 36.5 Å². The van der Waals surface area contributed by atoms with Crippen LogP contribution in [0.4, 0.5) is 11.5 Å². The molecule has 7 heteroatoms. The van der Waals surface area contributed by atoms with Crippen LogP contribution in [0.3, 0.4) is 0 Å². The molecule has 0 saturated carbocycles. The van der Waals surface area contributed by atoms with Crippen LogP contribution in [-0.2, 0) is 0 Å². The van der Waals surface area contributed by atoms with Crippen molar-refractivity contribution in [1.29, 1.82) is 0 Å². The van der Waals surface area contributed by atoms with E-state index in [9.17, 15) is 10.1 Å². The largest absolute Gasteiger partial charge is 0.356 e. The molecule has 0 aliphatic carbocycles. The smallest absolute Gasteiger partial charge is 0.270 e. The molecule has 2 aromatic heterocycles. The van der Waals surface area contributed by atoms with Gasteiger partial charge >= 0.3 is 0 Å². The number of non-ortho nitro benzene ring substituents is 1. The summed E-state index contributed by atoms with van der Waals surface area (Å²) < 4.78 is 0. The summed E-state index contributed by atoms with van der Waals surface area (Å²) in [4.78, 5) is 24.9. The van der Waals surface area contributed by atoms with Crippen LogP contribution in [0.25, 0.3) is 22.3 Å². The molecule has 0 atom stereocenters. The predicted molar refractivity (Wildman–Crippen MR) is 98.8 cm³/mol. The number of benzene rings is 1. The second-order valence-electron chi connectivity index (χ2n) is 5.94.